The van der Waals surface area contributed by atoms with Gasteiger partial charge < -0.3 is 10.1 Å². The van der Waals surface area contributed by atoms with E-state index in [1.807, 2.05) is 6.92 Å². The van der Waals surface area contributed by atoms with Crippen LogP contribution in [0.1, 0.15) is 19.8 Å². The highest BCUT2D eigenvalue weighted by molar-refractivity contribution is 6.07. The summed E-state index contributed by atoms with van der Waals surface area (Å²) in [6.45, 7) is 2.42. The Morgan fingerprint density at radius 1 is 1.54 bits per heavy atom. The largest absolute Gasteiger partial charge is 0.378 e. The minimum absolute atomic E-state index is 0.0258. The van der Waals surface area contributed by atoms with Gasteiger partial charge in [0.25, 0.3) is 5.91 Å². The molecule has 0 saturated carbocycles. The predicted octanol–water partition coefficient (Wildman–Crippen LogP) is -0.237. The molecule has 2 aliphatic heterocycles. The Balaban J connectivity index is 2.19. The Kier molecular flexibility index (Phi) is 1.76. The molecule has 2 atom stereocenters. The van der Waals surface area contributed by atoms with Crippen LogP contribution in [-0.2, 0) is 9.53 Å². The van der Waals surface area contributed by atoms with Gasteiger partial charge in [-0.3, -0.25) is 10.1 Å². The number of hydrogen-bond donors (Lipinski definition) is 2. The highest BCUT2D eigenvalue weighted by atomic mass is 16.5. The van der Waals surface area contributed by atoms with E-state index in [1.165, 1.54) is 0 Å². The number of carbonyl (C=O) groups is 2. The number of imide groups is 1. The molecule has 0 aromatic carbocycles. The van der Waals surface area contributed by atoms with Crippen LogP contribution in [0.2, 0.25) is 0 Å². The summed E-state index contributed by atoms with van der Waals surface area (Å²) >= 11 is 0. The van der Waals surface area contributed by atoms with Crippen LogP contribution < -0.4 is 10.6 Å². The molecule has 5 nitrogen and oxygen atoms in total. The molecular formula is C8H12N2O3. The second-order valence-corrected chi connectivity index (χ2v) is 3.63. The Morgan fingerprint density at radius 2 is 2.31 bits per heavy atom. The van der Waals surface area contributed by atoms with E-state index in [9.17, 15) is 9.59 Å². The lowest BCUT2D eigenvalue weighted by atomic mass is 9.87. The third-order valence-corrected chi connectivity index (χ3v) is 2.58. The minimum atomic E-state index is -0.700. The maximum Gasteiger partial charge on any atom is 0.322 e. The van der Waals surface area contributed by atoms with Crippen molar-refractivity contribution in [1.82, 2.24) is 10.6 Å². The second-order valence-electron chi connectivity index (χ2n) is 3.63. The highest BCUT2D eigenvalue weighted by Crippen LogP contribution is 2.27. The lowest BCUT2D eigenvalue weighted by Crippen LogP contribution is -2.52. The lowest BCUT2D eigenvalue weighted by Gasteiger charge is -2.33. The predicted molar refractivity (Wildman–Crippen MR) is 44.1 cm³/mol. The normalized spacial score (nSPS) is 39.0. The van der Waals surface area contributed by atoms with Gasteiger partial charge >= 0.3 is 6.03 Å². The molecule has 2 rings (SSSR count). The monoisotopic (exact) mass is 184 g/mol. The molecule has 0 aromatic rings. The molecule has 5 heteroatoms. The fourth-order valence-electron chi connectivity index (χ4n) is 1.93. The Labute approximate surface area is 75.8 Å². The van der Waals surface area contributed by atoms with Crippen molar-refractivity contribution in [1.29, 1.82) is 0 Å². The number of urea groups is 1. The van der Waals surface area contributed by atoms with Gasteiger partial charge in [-0.25, -0.2) is 4.79 Å². The zero-order chi connectivity index (χ0) is 9.47. The van der Waals surface area contributed by atoms with Crippen molar-refractivity contribution in [3.05, 3.63) is 0 Å². The fraction of sp³-hybridized carbons (Fsp3) is 0.750. The first-order valence-electron chi connectivity index (χ1n) is 4.38. The Morgan fingerprint density at radius 3 is 2.85 bits per heavy atom. The van der Waals surface area contributed by atoms with Crippen molar-refractivity contribution in [3.8, 4) is 0 Å². The molecule has 2 unspecified atom stereocenters. The van der Waals surface area contributed by atoms with Gasteiger partial charge in [0.2, 0.25) is 0 Å². The van der Waals surface area contributed by atoms with E-state index in [1.54, 1.807) is 0 Å². The first-order valence-corrected chi connectivity index (χ1v) is 4.38. The number of carbonyl (C=O) groups excluding carboxylic acids is 2. The first kappa shape index (κ1) is 8.50. The van der Waals surface area contributed by atoms with Crippen LogP contribution >= 0.6 is 0 Å². The van der Waals surface area contributed by atoms with E-state index in [0.29, 0.717) is 19.4 Å². The van der Waals surface area contributed by atoms with Crippen LogP contribution in [0.25, 0.3) is 0 Å². The zero-order valence-corrected chi connectivity index (χ0v) is 7.42. The first-order chi connectivity index (χ1) is 6.12. The summed E-state index contributed by atoms with van der Waals surface area (Å²) < 4.78 is 5.32. The van der Waals surface area contributed by atoms with Gasteiger partial charge in [0, 0.05) is 19.4 Å². The van der Waals surface area contributed by atoms with Gasteiger partial charge in [-0.2, -0.15) is 0 Å². The summed E-state index contributed by atoms with van der Waals surface area (Å²) in [4.78, 5) is 22.4. The number of hydrogen-bond acceptors (Lipinski definition) is 3. The summed E-state index contributed by atoms with van der Waals surface area (Å²) in [6.07, 6.45) is 1.15. The number of amides is 3. The molecule has 2 saturated heterocycles. The maximum atomic E-state index is 11.5. The molecule has 13 heavy (non-hydrogen) atoms. The van der Waals surface area contributed by atoms with Gasteiger partial charge in [-0.1, -0.05) is 0 Å². The molecule has 0 radical (unpaired) electrons. The summed E-state index contributed by atoms with van der Waals surface area (Å²) in [6, 6.07) is -0.390. The quantitative estimate of drug-likeness (QED) is 0.511. The maximum absolute atomic E-state index is 11.5. The molecule has 0 aliphatic carbocycles. The third kappa shape index (κ3) is 1.29. The van der Waals surface area contributed by atoms with Crippen molar-refractivity contribution in [3.63, 3.8) is 0 Å². The standard InChI is InChI=1S/C8H12N2O3/c1-5-4-8(2-3-13-5)6(11)9-7(12)10-8/h5H,2-4H2,1H3,(H2,9,10,11,12). The smallest absolute Gasteiger partial charge is 0.322 e. The van der Waals surface area contributed by atoms with Crippen LogP contribution in [0.15, 0.2) is 0 Å². The van der Waals surface area contributed by atoms with Gasteiger partial charge in [-0.05, 0) is 6.92 Å². The van der Waals surface area contributed by atoms with E-state index in [4.69, 9.17) is 4.74 Å². The van der Waals surface area contributed by atoms with Gasteiger partial charge in [0.15, 0.2) is 0 Å². The van der Waals surface area contributed by atoms with Crippen LogP contribution in [0.5, 0.6) is 0 Å². The second kappa shape index (κ2) is 2.70. The molecule has 0 bridgehead atoms. The van der Waals surface area contributed by atoms with Crippen molar-refractivity contribution in [2.75, 3.05) is 6.61 Å². The molecule has 2 aliphatic rings. The molecule has 72 valence electrons. The van der Waals surface area contributed by atoms with Crippen LogP contribution in [-0.4, -0.2) is 30.2 Å². The minimum Gasteiger partial charge on any atom is -0.378 e. The van der Waals surface area contributed by atoms with E-state index in [2.05, 4.69) is 10.6 Å². The summed E-state index contributed by atoms with van der Waals surface area (Å²) in [5.41, 5.74) is -0.700. The van der Waals surface area contributed by atoms with Crippen LogP contribution in [0.4, 0.5) is 4.79 Å². The number of ether oxygens (including phenoxy) is 1. The topological polar surface area (TPSA) is 67.4 Å². The highest BCUT2D eigenvalue weighted by Gasteiger charge is 2.48. The van der Waals surface area contributed by atoms with E-state index < -0.39 is 5.54 Å². The Hall–Kier alpha value is -1.10. The zero-order valence-electron chi connectivity index (χ0n) is 7.42. The molecule has 2 fully saturated rings. The van der Waals surface area contributed by atoms with E-state index >= 15 is 0 Å². The van der Waals surface area contributed by atoms with Crippen LogP contribution in [0.3, 0.4) is 0 Å². The lowest BCUT2D eigenvalue weighted by molar-refractivity contribution is -0.129. The molecular weight excluding hydrogens is 172 g/mol. The summed E-state index contributed by atoms with van der Waals surface area (Å²) in [7, 11) is 0. The Bertz CT molecular complexity index is 266. The SMILES string of the molecule is CC1CC2(CCO1)NC(=O)NC2=O. The fourth-order valence-corrected chi connectivity index (χ4v) is 1.93. The third-order valence-electron chi connectivity index (χ3n) is 2.58. The van der Waals surface area contributed by atoms with Gasteiger partial charge in [0.1, 0.15) is 5.54 Å². The average molecular weight is 184 g/mol. The van der Waals surface area contributed by atoms with E-state index in [0.717, 1.165) is 0 Å². The number of rotatable bonds is 0. The summed E-state index contributed by atoms with van der Waals surface area (Å²) in [5.74, 6) is -0.215. The summed E-state index contributed by atoms with van der Waals surface area (Å²) in [5, 5.41) is 4.92. The number of nitrogens with one attached hydrogen (secondary N) is 2. The van der Waals surface area contributed by atoms with Crippen LogP contribution in [0, 0.1) is 0 Å². The molecule has 0 aromatic heterocycles. The molecule has 3 amide bonds. The van der Waals surface area contributed by atoms with Crippen molar-refractivity contribution in [2.45, 2.75) is 31.4 Å². The van der Waals surface area contributed by atoms with Gasteiger partial charge in [0.05, 0.1) is 6.10 Å². The molecule has 1 spiro atoms. The van der Waals surface area contributed by atoms with Crippen molar-refractivity contribution in [2.24, 2.45) is 0 Å². The van der Waals surface area contributed by atoms with Gasteiger partial charge in [-0.15, -0.1) is 0 Å². The molecule has 2 N–H and O–H groups in total. The molecule has 2 heterocycles. The average Bonchev–Trinajstić information content (AvgIpc) is 2.26. The van der Waals surface area contributed by atoms with Crippen molar-refractivity contribution < 1.29 is 14.3 Å². The van der Waals surface area contributed by atoms with Crippen molar-refractivity contribution >= 4 is 11.9 Å². The van der Waals surface area contributed by atoms with E-state index in [-0.39, 0.29) is 18.0 Å².